The van der Waals surface area contributed by atoms with E-state index >= 15 is 0 Å². The Kier molecular flexibility index (Phi) is 5.89. The topological polar surface area (TPSA) is 44.5 Å². The fourth-order valence-electron chi connectivity index (χ4n) is 1.82. The Labute approximate surface area is 127 Å². The maximum absolute atomic E-state index is 5.79. The maximum atomic E-state index is 5.79. The van der Waals surface area contributed by atoms with Gasteiger partial charge in [-0.2, -0.15) is 0 Å². The summed E-state index contributed by atoms with van der Waals surface area (Å²) in [7, 11) is 0. The molecule has 20 heavy (non-hydrogen) atoms. The standard InChI is InChI=1S/C16H18BrNO2/c17-15-9-4-6-13(12-18)16(15)20-11-5-10-19-14-7-2-1-3-8-14/h1-4,6-9H,5,10-12,18H2. The van der Waals surface area contributed by atoms with E-state index in [4.69, 9.17) is 15.2 Å². The number of ether oxygens (including phenoxy) is 2. The lowest BCUT2D eigenvalue weighted by molar-refractivity contribution is 0.245. The monoisotopic (exact) mass is 335 g/mol. The van der Waals surface area contributed by atoms with Crippen LogP contribution in [0, 0.1) is 0 Å². The predicted molar refractivity (Wildman–Crippen MR) is 84.1 cm³/mol. The zero-order chi connectivity index (χ0) is 14.2. The van der Waals surface area contributed by atoms with Gasteiger partial charge in [-0.15, -0.1) is 0 Å². The molecule has 3 nitrogen and oxygen atoms in total. The third-order valence-corrected chi connectivity index (χ3v) is 3.44. The number of para-hydroxylation sites is 2. The number of halogens is 1. The SMILES string of the molecule is NCc1cccc(Br)c1OCCCOc1ccccc1. The largest absolute Gasteiger partial charge is 0.493 e. The van der Waals surface area contributed by atoms with E-state index < -0.39 is 0 Å². The molecule has 0 amide bonds. The lowest BCUT2D eigenvalue weighted by Crippen LogP contribution is -2.08. The first-order chi connectivity index (χ1) is 9.81. The van der Waals surface area contributed by atoms with Gasteiger partial charge < -0.3 is 15.2 Å². The number of benzene rings is 2. The minimum atomic E-state index is 0.468. The molecule has 4 heteroatoms. The third-order valence-electron chi connectivity index (χ3n) is 2.82. The van der Waals surface area contributed by atoms with Crippen molar-refractivity contribution in [1.29, 1.82) is 0 Å². The van der Waals surface area contributed by atoms with Crippen molar-refractivity contribution >= 4 is 15.9 Å². The van der Waals surface area contributed by atoms with Crippen LogP contribution >= 0.6 is 15.9 Å². The van der Waals surface area contributed by atoms with Gasteiger partial charge in [-0.25, -0.2) is 0 Å². The van der Waals surface area contributed by atoms with Gasteiger partial charge in [0.05, 0.1) is 17.7 Å². The highest BCUT2D eigenvalue weighted by atomic mass is 79.9. The number of hydrogen-bond acceptors (Lipinski definition) is 3. The van der Waals surface area contributed by atoms with Gasteiger partial charge in [0.25, 0.3) is 0 Å². The average molecular weight is 336 g/mol. The van der Waals surface area contributed by atoms with E-state index in [0.29, 0.717) is 19.8 Å². The van der Waals surface area contributed by atoms with Crippen molar-refractivity contribution in [3.63, 3.8) is 0 Å². The summed E-state index contributed by atoms with van der Waals surface area (Å²) >= 11 is 3.48. The minimum absolute atomic E-state index is 0.468. The van der Waals surface area contributed by atoms with E-state index in [1.54, 1.807) is 0 Å². The second-order valence-corrected chi connectivity index (χ2v) is 5.15. The molecule has 0 bridgehead atoms. The summed E-state index contributed by atoms with van der Waals surface area (Å²) in [5.74, 6) is 1.71. The fourth-order valence-corrected chi connectivity index (χ4v) is 2.34. The van der Waals surface area contributed by atoms with Crippen LogP contribution in [-0.2, 0) is 6.54 Å². The van der Waals surface area contributed by atoms with Gasteiger partial charge in [0, 0.05) is 18.5 Å². The molecule has 0 atom stereocenters. The van der Waals surface area contributed by atoms with Crippen LogP contribution in [0.2, 0.25) is 0 Å². The molecule has 0 heterocycles. The molecule has 0 saturated heterocycles. The average Bonchev–Trinajstić information content (AvgIpc) is 2.49. The van der Waals surface area contributed by atoms with E-state index in [2.05, 4.69) is 15.9 Å². The molecule has 0 aliphatic carbocycles. The zero-order valence-electron chi connectivity index (χ0n) is 11.2. The normalized spacial score (nSPS) is 10.3. The van der Waals surface area contributed by atoms with Crippen molar-refractivity contribution in [2.45, 2.75) is 13.0 Å². The second-order valence-electron chi connectivity index (χ2n) is 4.30. The van der Waals surface area contributed by atoms with Crippen LogP contribution in [0.1, 0.15) is 12.0 Å². The first-order valence-corrected chi connectivity index (χ1v) is 7.38. The van der Waals surface area contributed by atoms with Crippen LogP contribution in [0.4, 0.5) is 0 Å². The quantitative estimate of drug-likeness (QED) is 0.783. The molecule has 2 N–H and O–H groups in total. The van der Waals surface area contributed by atoms with Gasteiger partial charge in [-0.1, -0.05) is 30.3 Å². The molecule has 2 aromatic rings. The van der Waals surface area contributed by atoms with Gasteiger partial charge in [0.15, 0.2) is 0 Å². The van der Waals surface area contributed by atoms with Crippen LogP contribution < -0.4 is 15.2 Å². The third kappa shape index (κ3) is 4.25. The summed E-state index contributed by atoms with van der Waals surface area (Å²) in [6.07, 6.45) is 0.820. The van der Waals surface area contributed by atoms with E-state index in [1.165, 1.54) is 0 Å². The molecular weight excluding hydrogens is 318 g/mol. The van der Waals surface area contributed by atoms with Crippen molar-refractivity contribution in [1.82, 2.24) is 0 Å². The van der Waals surface area contributed by atoms with Gasteiger partial charge in [0.2, 0.25) is 0 Å². The van der Waals surface area contributed by atoms with Crippen LogP contribution in [0.15, 0.2) is 53.0 Å². The lowest BCUT2D eigenvalue weighted by Gasteiger charge is -2.12. The number of rotatable bonds is 7. The molecule has 2 aromatic carbocycles. The molecule has 106 valence electrons. The van der Waals surface area contributed by atoms with E-state index in [0.717, 1.165) is 28.0 Å². The minimum Gasteiger partial charge on any atom is -0.493 e. The molecule has 0 unspecified atom stereocenters. The van der Waals surface area contributed by atoms with Gasteiger partial charge in [-0.05, 0) is 34.1 Å². The molecule has 0 fully saturated rings. The number of nitrogens with two attached hydrogens (primary N) is 1. The summed E-state index contributed by atoms with van der Waals surface area (Å²) in [4.78, 5) is 0. The zero-order valence-corrected chi connectivity index (χ0v) is 12.8. The van der Waals surface area contributed by atoms with Crippen molar-refractivity contribution in [3.05, 3.63) is 58.6 Å². The summed E-state index contributed by atoms with van der Waals surface area (Å²) in [5, 5.41) is 0. The van der Waals surface area contributed by atoms with Crippen LogP contribution in [0.3, 0.4) is 0 Å². The van der Waals surface area contributed by atoms with Crippen molar-refractivity contribution in [2.75, 3.05) is 13.2 Å². The van der Waals surface area contributed by atoms with Gasteiger partial charge in [-0.3, -0.25) is 0 Å². The first kappa shape index (κ1) is 14.9. The Morgan fingerprint density at radius 2 is 1.65 bits per heavy atom. The molecule has 2 rings (SSSR count). The van der Waals surface area contributed by atoms with Crippen molar-refractivity contribution in [3.8, 4) is 11.5 Å². The Morgan fingerprint density at radius 1 is 0.900 bits per heavy atom. The highest BCUT2D eigenvalue weighted by Crippen LogP contribution is 2.28. The Bertz CT molecular complexity index is 531. The van der Waals surface area contributed by atoms with Gasteiger partial charge in [0.1, 0.15) is 11.5 Å². The van der Waals surface area contributed by atoms with Crippen LogP contribution in [0.25, 0.3) is 0 Å². The molecular formula is C16H18BrNO2. The Morgan fingerprint density at radius 3 is 2.40 bits per heavy atom. The highest BCUT2D eigenvalue weighted by Gasteiger charge is 2.06. The number of hydrogen-bond donors (Lipinski definition) is 1. The first-order valence-electron chi connectivity index (χ1n) is 6.59. The second kappa shape index (κ2) is 7.92. The van der Waals surface area contributed by atoms with Crippen LogP contribution in [-0.4, -0.2) is 13.2 Å². The molecule has 0 aliphatic rings. The van der Waals surface area contributed by atoms with Gasteiger partial charge >= 0.3 is 0 Å². The Balaban J connectivity index is 1.76. The predicted octanol–water partition coefficient (Wildman–Crippen LogP) is 3.76. The summed E-state index contributed by atoms with van der Waals surface area (Å²) in [5.41, 5.74) is 6.70. The highest BCUT2D eigenvalue weighted by molar-refractivity contribution is 9.10. The fraction of sp³-hybridized carbons (Fsp3) is 0.250. The smallest absolute Gasteiger partial charge is 0.137 e. The lowest BCUT2D eigenvalue weighted by atomic mass is 10.2. The van der Waals surface area contributed by atoms with Crippen LogP contribution in [0.5, 0.6) is 11.5 Å². The summed E-state index contributed by atoms with van der Waals surface area (Å²) in [6.45, 7) is 1.70. The molecule has 0 saturated carbocycles. The maximum Gasteiger partial charge on any atom is 0.137 e. The molecule has 0 radical (unpaired) electrons. The summed E-state index contributed by atoms with van der Waals surface area (Å²) in [6, 6.07) is 15.7. The van der Waals surface area contributed by atoms with E-state index in [9.17, 15) is 0 Å². The molecule has 0 spiro atoms. The van der Waals surface area contributed by atoms with E-state index in [1.807, 2.05) is 48.5 Å². The van der Waals surface area contributed by atoms with Crippen molar-refractivity contribution in [2.24, 2.45) is 5.73 Å². The van der Waals surface area contributed by atoms with Crippen molar-refractivity contribution < 1.29 is 9.47 Å². The summed E-state index contributed by atoms with van der Waals surface area (Å²) < 4.78 is 12.3. The molecule has 0 aliphatic heterocycles. The molecule has 0 aromatic heterocycles. The van der Waals surface area contributed by atoms with E-state index in [-0.39, 0.29) is 0 Å². The Hall–Kier alpha value is -1.52.